The van der Waals surface area contributed by atoms with Crippen molar-refractivity contribution in [1.29, 1.82) is 0 Å². The molecule has 2 aromatic carbocycles. The Morgan fingerprint density at radius 3 is 2.52 bits per heavy atom. The summed E-state index contributed by atoms with van der Waals surface area (Å²) in [6, 6.07) is 15.7. The third-order valence-electron chi connectivity index (χ3n) is 4.16. The Morgan fingerprint density at radius 2 is 1.84 bits per heavy atom. The van der Waals surface area contributed by atoms with Crippen LogP contribution in [0.2, 0.25) is 0 Å². The van der Waals surface area contributed by atoms with Crippen LogP contribution in [0.15, 0.2) is 53.1 Å². The Morgan fingerprint density at radius 1 is 1.08 bits per heavy atom. The van der Waals surface area contributed by atoms with Crippen LogP contribution in [0.25, 0.3) is 0 Å². The third kappa shape index (κ3) is 4.19. The monoisotopic (exact) mass is 338 g/mol. The van der Waals surface area contributed by atoms with Crippen molar-refractivity contribution in [2.24, 2.45) is 0 Å². The first-order chi connectivity index (χ1) is 12.2. The zero-order valence-corrected chi connectivity index (χ0v) is 14.5. The van der Waals surface area contributed by atoms with Crippen molar-refractivity contribution in [3.63, 3.8) is 0 Å². The molecule has 3 aromatic rings. The highest BCUT2D eigenvalue weighted by atomic mass is 16.5. The van der Waals surface area contributed by atoms with Crippen LogP contribution in [0, 0.1) is 13.8 Å². The normalized spacial score (nSPS) is 10.7. The molecule has 0 unspecified atom stereocenters. The lowest BCUT2D eigenvalue weighted by Gasteiger charge is -2.11. The second-order valence-electron chi connectivity index (χ2n) is 5.90. The minimum atomic E-state index is 0.0254. The van der Waals surface area contributed by atoms with Crippen LogP contribution in [0.3, 0.4) is 0 Å². The first-order valence-electron chi connectivity index (χ1n) is 8.23. The van der Waals surface area contributed by atoms with Gasteiger partial charge in [-0.25, -0.2) is 0 Å². The fourth-order valence-electron chi connectivity index (χ4n) is 2.59. The van der Waals surface area contributed by atoms with Crippen molar-refractivity contribution in [3.05, 3.63) is 76.7 Å². The van der Waals surface area contributed by atoms with Gasteiger partial charge in [0.25, 0.3) is 0 Å². The number of aliphatic hydroxyl groups is 1. The van der Waals surface area contributed by atoms with E-state index in [2.05, 4.69) is 10.5 Å². The molecule has 3 rings (SSSR count). The minimum absolute atomic E-state index is 0.0254. The predicted molar refractivity (Wildman–Crippen MR) is 96.4 cm³/mol. The van der Waals surface area contributed by atoms with Gasteiger partial charge in [0, 0.05) is 17.8 Å². The topological polar surface area (TPSA) is 67.5 Å². The number of hydrogen-bond acceptors (Lipinski definition) is 5. The number of anilines is 1. The summed E-state index contributed by atoms with van der Waals surface area (Å²) in [5, 5.41) is 16.6. The second kappa shape index (κ2) is 7.85. The van der Waals surface area contributed by atoms with E-state index in [9.17, 15) is 5.11 Å². The van der Waals surface area contributed by atoms with Gasteiger partial charge in [0.1, 0.15) is 18.1 Å². The van der Waals surface area contributed by atoms with Gasteiger partial charge in [-0.3, -0.25) is 0 Å². The predicted octanol–water partition coefficient (Wildman–Crippen LogP) is 3.97. The summed E-state index contributed by atoms with van der Waals surface area (Å²) in [5.41, 5.74) is 4.83. The molecule has 0 fully saturated rings. The van der Waals surface area contributed by atoms with Crippen molar-refractivity contribution in [2.75, 3.05) is 5.32 Å². The molecule has 130 valence electrons. The number of ether oxygens (including phenoxy) is 1. The molecule has 2 N–H and O–H groups in total. The number of aliphatic hydroxyl groups excluding tert-OH is 1. The van der Waals surface area contributed by atoms with E-state index in [-0.39, 0.29) is 6.61 Å². The van der Waals surface area contributed by atoms with Crippen molar-refractivity contribution in [1.82, 2.24) is 5.16 Å². The van der Waals surface area contributed by atoms with Crippen LogP contribution in [0.4, 0.5) is 5.69 Å². The van der Waals surface area contributed by atoms with E-state index in [1.54, 1.807) is 0 Å². The lowest BCUT2D eigenvalue weighted by Crippen LogP contribution is -2.02. The van der Waals surface area contributed by atoms with Crippen molar-refractivity contribution >= 4 is 5.69 Å². The van der Waals surface area contributed by atoms with Gasteiger partial charge in [0.2, 0.25) is 0 Å². The molecular weight excluding hydrogens is 316 g/mol. The molecular formula is C20H22N2O3. The van der Waals surface area contributed by atoms with Gasteiger partial charge in [-0.2, -0.15) is 0 Å². The van der Waals surface area contributed by atoms with E-state index in [1.165, 1.54) is 0 Å². The highest BCUT2D eigenvalue weighted by Crippen LogP contribution is 2.19. The number of aromatic nitrogens is 1. The maximum atomic E-state index is 9.36. The maximum absolute atomic E-state index is 9.36. The van der Waals surface area contributed by atoms with Crippen LogP contribution in [0.1, 0.15) is 28.1 Å². The molecule has 0 aliphatic heterocycles. The largest absolute Gasteiger partial charge is 0.489 e. The van der Waals surface area contributed by atoms with E-state index >= 15 is 0 Å². The molecule has 25 heavy (non-hydrogen) atoms. The summed E-state index contributed by atoms with van der Waals surface area (Å²) in [6.45, 7) is 4.95. The van der Waals surface area contributed by atoms with E-state index in [0.717, 1.165) is 39.6 Å². The summed E-state index contributed by atoms with van der Waals surface area (Å²) in [6.07, 6.45) is 0. The third-order valence-corrected chi connectivity index (χ3v) is 4.16. The van der Waals surface area contributed by atoms with E-state index < -0.39 is 0 Å². The summed E-state index contributed by atoms with van der Waals surface area (Å²) < 4.78 is 11.0. The number of nitrogens with zero attached hydrogens (tertiary/aromatic N) is 1. The number of para-hydroxylation sites is 1. The van der Waals surface area contributed by atoms with Crippen molar-refractivity contribution in [3.8, 4) is 5.75 Å². The Labute approximate surface area is 147 Å². The highest BCUT2D eigenvalue weighted by Gasteiger charge is 2.09. The lowest BCUT2D eigenvalue weighted by atomic mass is 10.1. The average molecular weight is 338 g/mol. The number of nitrogens with one attached hydrogen (secondary N) is 1. The molecule has 0 saturated heterocycles. The number of hydrogen-bond donors (Lipinski definition) is 2. The zero-order chi connectivity index (χ0) is 17.6. The first-order valence-corrected chi connectivity index (χ1v) is 8.23. The van der Waals surface area contributed by atoms with Crippen molar-refractivity contribution in [2.45, 2.75) is 33.6 Å². The second-order valence-corrected chi connectivity index (χ2v) is 5.90. The van der Waals surface area contributed by atoms with Crippen LogP contribution in [0.5, 0.6) is 5.75 Å². The van der Waals surface area contributed by atoms with Crippen LogP contribution >= 0.6 is 0 Å². The molecule has 0 spiro atoms. The van der Waals surface area contributed by atoms with Crippen LogP contribution in [-0.4, -0.2) is 10.3 Å². The summed E-state index contributed by atoms with van der Waals surface area (Å²) in [4.78, 5) is 0. The van der Waals surface area contributed by atoms with Crippen molar-refractivity contribution < 1.29 is 14.4 Å². The molecule has 1 heterocycles. The van der Waals surface area contributed by atoms with E-state index in [4.69, 9.17) is 9.26 Å². The molecule has 0 bridgehead atoms. The average Bonchev–Trinajstić information content (AvgIpc) is 2.97. The fraction of sp³-hybridized carbons (Fsp3) is 0.250. The quantitative estimate of drug-likeness (QED) is 0.682. The Bertz CT molecular complexity index is 806. The Hall–Kier alpha value is -2.79. The molecule has 0 radical (unpaired) electrons. The van der Waals surface area contributed by atoms with Gasteiger partial charge in [0.05, 0.1) is 17.9 Å². The van der Waals surface area contributed by atoms with Gasteiger partial charge >= 0.3 is 0 Å². The van der Waals surface area contributed by atoms with Gasteiger partial charge < -0.3 is 19.7 Å². The van der Waals surface area contributed by atoms with Gasteiger partial charge in [-0.15, -0.1) is 0 Å². The van der Waals surface area contributed by atoms with E-state index in [0.29, 0.717) is 13.2 Å². The standard InChI is InChI=1S/C20H22N2O3/c1-14-19(15(2)25-22-14)13-24-18-9-7-16(8-10-18)11-21-20-6-4-3-5-17(20)12-23/h3-10,21,23H,11-13H2,1-2H3. The Balaban J connectivity index is 1.57. The number of aryl methyl sites for hydroxylation is 2. The van der Waals surface area contributed by atoms with Gasteiger partial charge in [-0.05, 0) is 37.6 Å². The number of benzene rings is 2. The van der Waals surface area contributed by atoms with E-state index in [1.807, 2.05) is 62.4 Å². The van der Waals surface area contributed by atoms with Gasteiger partial charge in [0.15, 0.2) is 0 Å². The lowest BCUT2D eigenvalue weighted by molar-refractivity contribution is 0.282. The summed E-state index contributed by atoms with van der Waals surface area (Å²) in [5.74, 6) is 1.60. The fourth-order valence-corrected chi connectivity index (χ4v) is 2.59. The van der Waals surface area contributed by atoms with Crippen LogP contribution in [-0.2, 0) is 19.8 Å². The maximum Gasteiger partial charge on any atom is 0.140 e. The summed E-state index contributed by atoms with van der Waals surface area (Å²) >= 11 is 0. The SMILES string of the molecule is Cc1noc(C)c1COc1ccc(CNc2ccccc2CO)cc1. The molecule has 0 saturated carbocycles. The Kier molecular flexibility index (Phi) is 5.36. The number of rotatable bonds is 7. The molecule has 0 aliphatic rings. The smallest absolute Gasteiger partial charge is 0.140 e. The highest BCUT2D eigenvalue weighted by molar-refractivity contribution is 5.51. The van der Waals surface area contributed by atoms with Crippen LogP contribution < -0.4 is 10.1 Å². The first kappa shape index (κ1) is 17.0. The molecule has 5 heteroatoms. The summed E-state index contributed by atoms with van der Waals surface area (Å²) in [7, 11) is 0. The van der Waals surface area contributed by atoms with Gasteiger partial charge in [-0.1, -0.05) is 35.5 Å². The minimum Gasteiger partial charge on any atom is -0.489 e. The zero-order valence-electron chi connectivity index (χ0n) is 14.5. The molecule has 0 amide bonds. The molecule has 1 aromatic heterocycles. The molecule has 5 nitrogen and oxygen atoms in total. The molecule has 0 atom stereocenters. The molecule has 0 aliphatic carbocycles.